The molecule has 0 bridgehead atoms. The third-order valence-corrected chi connectivity index (χ3v) is 9.11. The fraction of sp³-hybridized carbons (Fsp3) is 0.167. The molecule has 6 nitrogen and oxygen atoms in total. The first-order chi connectivity index (χ1) is 19.4. The van der Waals surface area contributed by atoms with Gasteiger partial charge in [-0.2, -0.15) is 0 Å². The highest BCUT2D eigenvalue weighted by molar-refractivity contribution is 9.11. The second-order valence-electron chi connectivity index (χ2n) is 8.71. The summed E-state index contributed by atoms with van der Waals surface area (Å²) in [6.07, 6.45) is 3.80. The van der Waals surface area contributed by atoms with Crippen molar-refractivity contribution in [2.75, 3.05) is 20.0 Å². The summed E-state index contributed by atoms with van der Waals surface area (Å²) in [5, 5.41) is 0. The van der Waals surface area contributed by atoms with Crippen LogP contribution in [0.3, 0.4) is 0 Å². The molecule has 0 aliphatic carbocycles. The van der Waals surface area contributed by atoms with Crippen LogP contribution in [0.5, 0.6) is 5.75 Å². The molecule has 2 heterocycles. The summed E-state index contributed by atoms with van der Waals surface area (Å²) in [5.41, 5.74) is 2.85. The lowest BCUT2D eigenvalue weighted by Gasteiger charge is -2.26. The van der Waals surface area contributed by atoms with Crippen LogP contribution in [0.25, 0.3) is 11.8 Å². The topological polar surface area (TPSA) is 69.9 Å². The summed E-state index contributed by atoms with van der Waals surface area (Å²) >= 11 is 9.96. The van der Waals surface area contributed by atoms with Crippen LogP contribution in [-0.2, 0) is 9.53 Å². The normalized spacial score (nSPS) is 15.0. The largest absolute Gasteiger partial charge is 0.495 e. The first-order valence-electron chi connectivity index (χ1n) is 12.3. The van der Waals surface area contributed by atoms with Gasteiger partial charge in [-0.25, -0.2) is 9.79 Å². The number of fused-ring (bicyclic) bond motifs is 1. The zero-order valence-corrected chi connectivity index (χ0v) is 26.6. The number of esters is 1. The molecule has 0 amide bonds. The van der Waals surface area contributed by atoms with Crippen molar-refractivity contribution in [3.05, 3.63) is 118 Å². The number of hydrogen-bond acceptors (Lipinski definition) is 7. The van der Waals surface area contributed by atoms with Gasteiger partial charge in [0.25, 0.3) is 5.56 Å². The van der Waals surface area contributed by atoms with Crippen molar-refractivity contribution in [1.29, 1.82) is 0 Å². The molecule has 1 aliphatic rings. The Balaban J connectivity index is 1.84. The van der Waals surface area contributed by atoms with Crippen LogP contribution in [0.1, 0.15) is 29.7 Å². The van der Waals surface area contributed by atoms with E-state index in [4.69, 9.17) is 14.5 Å². The Kier molecular flexibility index (Phi) is 8.80. The Labute approximate surface area is 256 Å². The van der Waals surface area contributed by atoms with Crippen molar-refractivity contribution in [1.82, 2.24) is 4.57 Å². The number of carbonyl (C=O) groups is 1. The number of ether oxygens (including phenoxy) is 2. The fourth-order valence-electron chi connectivity index (χ4n) is 4.59. The number of thiazole rings is 1. The number of benzene rings is 3. The number of nitrogens with zero attached hydrogens (tertiary/aromatic N) is 2. The predicted molar refractivity (Wildman–Crippen MR) is 168 cm³/mol. The summed E-state index contributed by atoms with van der Waals surface area (Å²) in [6, 6.07) is 20.5. The van der Waals surface area contributed by atoms with Gasteiger partial charge < -0.3 is 9.47 Å². The number of thioether (sulfide) groups is 1. The van der Waals surface area contributed by atoms with Gasteiger partial charge in [0.1, 0.15) is 5.75 Å². The molecule has 10 heteroatoms. The lowest BCUT2D eigenvalue weighted by molar-refractivity contribution is -0.138. The van der Waals surface area contributed by atoms with Gasteiger partial charge in [-0.1, -0.05) is 69.7 Å². The molecular formula is C30H24Br2N2O4S2. The van der Waals surface area contributed by atoms with E-state index in [-0.39, 0.29) is 12.2 Å². The van der Waals surface area contributed by atoms with Gasteiger partial charge in [0, 0.05) is 20.5 Å². The number of methoxy groups -OCH3 is 1. The lowest BCUT2D eigenvalue weighted by Crippen LogP contribution is -2.40. The molecule has 1 aliphatic heterocycles. The van der Waals surface area contributed by atoms with Crippen molar-refractivity contribution in [2.24, 2.45) is 4.99 Å². The highest BCUT2D eigenvalue weighted by Crippen LogP contribution is 2.36. The van der Waals surface area contributed by atoms with E-state index in [1.165, 1.54) is 11.3 Å². The summed E-state index contributed by atoms with van der Waals surface area (Å²) in [7, 11) is 1.59. The fourth-order valence-corrected chi connectivity index (χ4v) is 7.41. The molecule has 0 saturated heterocycles. The van der Waals surface area contributed by atoms with E-state index in [0.29, 0.717) is 26.4 Å². The standard InChI is InChI=1S/C30H24Br2N2O4S2/c1-4-38-29(36)24-25(17-8-6-5-7-9-17)33-30-34(26(24)18-10-12-21(39-3)13-11-18)28(35)23(40-30)15-19-14-20(31)16-22(32)27(19)37-2/h5-16,26H,4H2,1-3H3/b23-15-/t26-/m0/s1. The minimum absolute atomic E-state index is 0.199. The summed E-state index contributed by atoms with van der Waals surface area (Å²) in [5.74, 6) is 0.103. The van der Waals surface area contributed by atoms with Crippen molar-refractivity contribution in [3.63, 3.8) is 0 Å². The molecule has 4 aromatic rings. The quantitative estimate of drug-likeness (QED) is 0.170. The van der Waals surface area contributed by atoms with Crippen LogP contribution in [0.15, 0.2) is 95.9 Å². The molecule has 1 atom stereocenters. The van der Waals surface area contributed by atoms with E-state index in [9.17, 15) is 9.59 Å². The van der Waals surface area contributed by atoms with E-state index in [0.717, 1.165) is 30.5 Å². The second-order valence-corrected chi connectivity index (χ2v) is 12.4. The van der Waals surface area contributed by atoms with E-state index in [1.807, 2.05) is 73.0 Å². The number of halogens is 2. The monoisotopic (exact) mass is 698 g/mol. The minimum atomic E-state index is -0.722. The van der Waals surface area contributed by atoms with Crippen molar-refractivity contribution in [3.8, 4) is 5.75 Å². The van der Waals surface area contributed by atoms with E-state index in [2.05, 4.69) is 31.9 Å². The molecule has 0 saturated carbocycles. The van der Waals surface area contributed by atoms with Gasteiger partial charge in [-0.3, -0.25) is 9.36 Å². The van der Waals surface area contributed by atoms with Gasteiger partial charge >= 0.3 is 5.97 Å². The maximum Gasteiger partial charge on any atom is 0.338 e. The van der Waals surface area contributed by atoms with Gasteiger partial charge in [-0.05, 0) is 65.0 Å². The first-order valence-corrected chi connectivity index (χ1v) is 15.9. The van der Waals surface area contributed by atoms with Gasteiger partial charge in [0.2, 0.25) is 0 Å². The molecular weight excluding hydrogens is 676 g/mol. The van der Waals surface area contributed by atoms with Crippen LogP contribution in [0.4, 0.5) is 0 Å². The molecule has 0 radical (unpaired) electrons. The number of aromatic nitrogens is 1. The van der Waals surface area contributed by atoms with Gasteiger partial charge in [0.05, 0.1) is 40.0 Å². The Morgan fingerprint density at radius 2 is 1.85 bits per heavy atom. The molecule has 1 aromatic heterocycles. The third-order valence-electron chi connectivity index (χ3n) is 6.33. The van der Waals surface area contributed by atoms with Crippen molar-refractivity contribution in [2.45, 2.75) is 17.9 Å². The SMILES string of the molecule is CCOC(=O)C1=C(c2ccccc2)N=c2s/c(=C\c3cc(Br)cc(Br)c3OC)c(=O)n2[C@H]1c1ccc(SC)cc1. The number of hydrogen-bond donors (Lipinski definition) is 0. The van der Waals surface area contributed by atoms with E-state index in [1.54, 1.807) is 36.4 Å². The Morgan fingerprint density at radius 1 is 1.12 bits per heavy atom. The molecule has 0 spiro atoms. The van der Waals surface area contributed by atoms with Crippen LogP contribution in [0.2, 0.25) is 0 Å². The van der Waals surface area contributed by atoms with Crippen molar-refractivity contribution < 1.29 is 14.3 Å². The van der Waals surface area contributed by atoms with Crippen LogP contribution < -0.4 is 19.6 Å². The van der Waals surface area contributed by atoms with E-state index < -0.39 is 12.0 Å². The molecule has 0 fully saturated rings. The smallest absolute Gasteiger partial charge is 0.338 e. The average molecular weight is 700 g/mol. The number of carbonyl (C=O) groups excluding carboxylic acids is 1. The zero-order chi connectivity index (χ0) is 28.4. The minimum Gasteiger partial charge on any atom is -0.495 e. The molecule has 3 aromatic carbocycles. The molecule has 204 valence electrons. The average Bonchev–Trinajstić information content (AvgIpc) is 3.27. The Hall–Kier alpha value is -2.92. The van der Waals surface area contributed by atoms with Crippen molar-refractivity contribution >= 4 is 72.7 Å². The van der Waals surface area contributed by atoms with Crippen LogP contribution in [0, 0.1) is 0 Å². The maximum absolute atomic E-state index is 14.1. The Bertz CT molecular complexity index is 1800. The summed E-state index contributed by atoms with van der Waals surface area (Å²) in [4.78, 5) is 34.1. The third kappa shape index (κ3) is 5.50. The Morgan fingerprint density at radius 3 is 2.50 bits per heavy atom. The van der Waals surface area contributed by atoms with Gasteiger partial charge in [0.15, 0.2) is 4.80 Å². The highest BCUT2D eigenvalue weighted by Gasteiger charge is 2.35. The molecule has 5 rings (SSSR count). The molecule has 40 heavy (non-hydrogen) atoms. The summed E-state index contributed by atoms with van der Waals surface area (Å²) in [6.45, 7) is 1.96. The second kappa shape index (κ2) is 12.3. The summed E-state index contributed by atoms with van der Waals surface area (Å²) < 4.78 is 14.8. The van der Waals surface area contributed by atoms with E-state index >= 15 is 0 Å². The van der Waals surface area contributed by atoms with Crippen LogP contribution in [-0.4, -0.2) is 30.5 Å². The van der Waals surface area contributed by atoms with Crippen LogP contribution >= 0.6 is 55.0 Å². The maximum atomic E-state index is 14.1. The molecule has 0 unspecified atom stereocenters. The molecule has 0 N–H and O–H groups in total. The first kappa shape index (κ1) is 28.6. The number of rotatable bonds is 7. The highest BCUT2D eigenvalue weighted by atomic mass is 79.9. The predicted octanol–water partition coefficient (Wildman–Crippen LogP) is 6.19. The van der Waals surface area contributed by atoms with Gasteiger partial charge in [-0.15, -0.1) is 11.8 Å². The lowest BCUT2D eigenvalue weighted by atomic mass is 9.93. The zero-order valence-electron chi connectivity index (χ0n) is 21.8.